The van der Waals surface area contributed by atoms with Crippen molar-refractivity contribution < 1.29 is 18.3 Å². The van der Waals surface area contributed by atoms with Gasteiger partial charge in [0.25, 0.3) is 5.91 Å². The number of aromatic nitrogens is 2. The second-order valence-electron chi connectivity index (χ2n) is 9.15. The molecular weight excluding hydrogens is 508 g/mol. The number of thioether (sulfide) groups is 1. The van der Waals surface area contributed by atoms with Crippen LogP contribution in [-0.2, 0) is 28.8 Å². The third kappa shape index (κ3) is 5.68. The molecule has 0 bridgehead atoms. The molecule has 10 heteroatoms. The van der Waals surface area contributed by atoms with Crippen LogP contribution in [0.25, 0.3) is 16.9 Å². The first-order chi connectivity index (χ1) is 18.1. The molecule has 1 atom stereocenters. The van der Waals surface area contributed by atoms with Crippen molar-refractivity contribution in [2.24, 2.45) is 0 Å². The van der Waals surface area contributed by atoms with Gasteiger partial charge in [0.1, 0.15) is 0 Å². The molecule has 0 radical (unpaired) electrons. The fraction of sp³-hybridized carbons (Fsp3) is 0.407. The molecule has 196 valence electrons. The lowest BCUT2D eigenvalue weighted by Crippen LogP contribution is -2.41. The normalized spacial score (nSPS) is 17.6. The van der Waals surface area contributed by atoms with E-state index < -0.39 is 11.1 Å². The van der Waals surface area contributed by atoms with Gasteiger partial charge in [-0.15, -0.1) is 0 Å². The Morgan fingerprint density at radius 3 is 2.57 bits per heavy atom. The molecular formula is C27H32N4O4S2. The molecule has 0 spiro atoms. The summed E-state index contributed by atoms with van der Waals surface area (Å²) in [4.78, 5) is 18.2. The second-order valence-corrected chi connectivity index (χ2v) is 11.3. The molecule has 2 saturated heterocycles. The third-order valence-electron chi connectivity index (χ3n) is 6.83. The van der Waals surface area contributed by atoms with E-state index in [2.05, 4.69) is 17.0 Å². The Morgan fingerprint density at radius 2 is 1.84 bits per heavy atom. The zero-order valence-electron chi connectivity index (χ0n) is 21.0. The van der Waals surface area contributed by atoms with E-state index in [0.29, 0.717) is 54.6 Å². The van der Waals surface area contributed by atoms with E-state index in [1.165, 1.54) is 5.56 Å². The van der Waals surface area contributed by atoms with Crippen LogP contribution in [0.4, 0.5) is 0 Å². The number of morpholine rings is 1. The van der Waals surface area contributed by atoms with Crippen LogP contribution < -0.4 is 0 Å². The van der Waals surface area contributed by atoms with Gasteiger partial charge in [-0.3, -0.25) is 9.69 Å². The summed E-state index contributed by atoms with van der Waals surface area (Å²) in [7, 11) is 0. The molecule has 8 nitrogen and oxygen atoms in total. The van der Waals surface area contributed by atoms with Crippen molar-refractivity contribution in [3.05, 3.63) is 65.4 Å². The van der Waals surface area contributed by atoms with E-state index >= 15 is 0 Å². The summed E-state index contributed by atoms with van der Waals surface area (Å²) >= 11 is -0.204. The zero-order chi connectivity index (χ0) is 25.8. The van der Waals surface area contributed by atoms with Crippen molar-refractivity contribution in [3.63, 3.8) is 0 Å². The summed E-state index contributed by atoms with van der Waals surface area (Å²) in [5.41, 5.74) is 4.44. The van der Waals surface area contributed by atoms with Crippen molar-refractivity contribution in [1.82, 2.24) is 19.6 Å². The second kappa shape index (κ2) is 11.9. The van der Waals surface area contributed by atoms with E-state index in [1.54, 1.807) is 21.7 Å². The molecule has 3 heterocycles. The summed E-state index contributed by atoms with van der Waals surface area (Å²) < 4.78 is 29.6. The number of carbonyl (C=O) groups excluding carboxylic acids is 1. The van der Waals surface area contributed by atoms with Crippen LogP contribution in [0, 0.1) is 0 Å². The Kier molecular flexibility index (Phi) is 8.41. The van der Waals surface area contributed by atoms with Crippen molar-refractivity contribution in [3.8, 4) is 16.9 Å². The molecule has 2 aliphatic rings. The summed E-state index contributed by atoms with van der Waals surface area (Å²) in [6.07, 6.45) is 0.554. The molecule has 5 rings (SSSR count). The van der Waals surface area contributed by atoms with Gasteiger partial charge in [0.05, 0.1) is 29.5 Å². The van der Waals surface area contributed by atoms with Gasteiger partial charge in [-0.1, -0.05) is 37.3 Å². The third-order valence-corrected chi connectivity index (χ3v) is 8.51. The van der Waals surface area contributed by atoms with Gasteiger partial charge in [-0.05, 0) is 30.2 Å². The minimum Gasteiger partial charge on any atom is -0.378 e. The molecule has 0 saturated carbocycles. The van der Waals surface area contributed by atoms with E-state index in [9.17, 15) is 13.6 Å². The minimum atomic E-state index is -2.19. The fourth-order valence-corrected chi connectivity index (χ4v) is 6.48. The number of nitrogens with zero attached hydrogens (tertiary/aromatic N) is 4. The Bertz CT molecular complexity index is 1280. The van der Waals surface area contributed by atoms with E-state index in [-0.39, 0.29) is 5.91 Å². The number of amides is 1. The zero-order valence-corrected chi connectivity index (χ0v) is 22.6. The summed E-state index contributed by atoms with van der Waals surface area (Å²) in [6.45, 7) is 7.02. The molecule has 1 unspecified atom stereocenters. The lowest BCUT2D eigenvalue weighted by molar-refractivity contribution is 0.0298. The Morgan fingerprint density at radius 1 is 1.08 bits per heavy atom. The van der Waals surface area contributed by atoms with Gasteiger partial charge in [0, 0.05) is 55.4 Å². The van der Waals surface area contributed by atoms with Gasteiger partial charge in [-0.2, -0.15) is 16.9 Å². The number of hydrogen-bond acceptors (Lipinski definition) is 6. The molecule has 1 N–H and O–H groups in total. The lowest BCUT2D eigenvalue weighted by Gasteiger charge is -2.26. The van der Waals surface area contributed by atoms with Crippen LogP contribution >= 0.6 is 11.8 Å². The van der Waals surface area contributed by atoms with Gasteiger partial charge in [-0.25, -0.2) is 8.89 Å². The van der Waals surface area contributed by atoms with Gasteiger partial charge < -0.3 is 14.2 Å². The standard InChI is InChI=1S/C27H32N4O4S2/c1-2-22-25(27(32)30-10-14-35-15-11-30)28-31(26(22)23-8-3-4-9-24(23)37(33)34)21-7-5-6-20(18-21)19-29-12-16-36-17-13-29/h3-9,18H,2,10-17,19H2,1H3,(H,33,34). The minimum absolute atomic E-state index is 0.135. The largest absolute Gasteiger partial charge is 0.378 e. The molecule has 3 aromatic rings. The highest BCUT2D eigenvalue weighted by Gasteiger charge is 2.29. The highest BCUT2D eigenvalue weighted by Crippen LogP contribution is 2.34. The summed E-state index contributed by atoms with van der Waals surface area (Å²) in [5.74, 6) is 2.15. The first-order valence-electron chi connectivity index (χ1n) is 12.7. The van der Waals surface area contributed by atoms with E-state index in [0.717, 1.165) is 42.4 Å². The van der Waals surface area contributed by atoms with Crippen LogP contribution in [0.3, 0.4) is 0 Å². The SMILES string of the molecule is CCc1c(C(=O)N2CCOCC2)nn(-c2cccc(CN3CCSCC3)c2)c1-c1ccccc1S(=O)O. The Balaban J connectivity index is 1.63. The van der Waals surface area contributed by atoms with Crippen molar-refractivity contribution in [1.29, 1.82) is 0 Å². The number of carbonyl (C=O) groups is 1. The molecule has 2 aromatic carbocycles. The fourth-order valence-electron chi connectivity index (χ4n) is 4.96. The Hall–Kier alpha value is -2.50. The van der Waals surface area contributed by atoms with Gasteiger partial charge >= 0.3 is 0 Å². The first kappa shape index (κ1) is 26.1. The lowest BCUT2D eigenvalue weighted by atomic mass is 10.0. The van der Waals surface area contributed by atoms with Crippen LogP contribution in [0.5, 0.6) is 0 Å². The van der Waals surface area contributed by atoms with Crippen molar-refractivity contribution >= 4 is 28.7 Å². The highest BCUT2D eigenvalue weighted by atomic mass is 32.2. The maximum atomic E-state index is 13.6. The van der Waals surface area contributed by atoms with Gasteiger partial charge in [0.15, 0.2) is 16.8 Å². The quantitative estimate of drug-likeness (QED) is 0.457. The number of benzene rings is 2. The molecule has 2 aliphatic heterocycles. The highest BCUT2D eigenvalue weighted by molar-refractivity contribution is 7.99. The van der Waals surface area contributed by atoms with Crippen LogP contribution in [0.15, 0.2) is 53.4 Å². The monoisotopic (exact) mass is 540 g/mol. The van der Waals surface area contributed by atoms with Crippen molar-refractivity contribution in [2.45, 2.75) is 24.8 Å². The predicted octanol–water partition coefficient (Wildman–Crippen LogP) is 3.70. The van der Waals surface area contributed by atoms with E-state index in [1.807, 2.05) is 43.0 Å². The smallest absolute Gasteiger partial charge is 0.274 e. The van der Waals surface area contributed by atoms with Gasteiger partial charge in [0.2, 0.25) is 0 Å². The maximum Gasteiger partial charge on any atom is 0.274 e. The number of rotatable bonds is 7. The maximum absolute atomic E-state index is 13.6. The average molecular weight is 541 g/mol. The topological polar surface area (TPSA) is 87.9 Å². The molecule has 2 fully saturated rings. The average Bonchev–Trinajstić information content (AvgIpc) is 3.33. The summed E-state index contributed by atoms with van der Waals surface area (Å²) in [5, 5.41) is 4.88. The van der Waals surface area contributed by atoms with Crippen LogP contribution in [0.1, 0.15) is 28.5 Å². The van der Waals surface area contributed by atoms with Crippen LogP contribution in [0.2, 0.25) is 0 Å². The van der Waals surface area contributed by atoms with E-state index in [4.69, 9.17) is 9.84 Å². The molecule has 0 aliphatic carbocycles. The summed E-state index contributed by atoms with van der Waals surface area (Å²) in [6, 6.07) is 15.3. The molecule has 1 amide bonds. The molecule has 1 aromatic heterocycles. The Labute approximate surface area is 224 Å². The molecule has 37 heavy (non-hydrogen) atoms. The predicted molar refractivity (Wildman–Crippen MR) is 147 cm³/mol. The number of hydrogen-bond donors (Lipinski definition) is 1. The first-order valence-corrected chi connectivity index (χ1v) is 14.9. The van der Waals surface area contributed by atoms with Crippen LogP contribution in [-0.4, -0.2) is 85.1 Å². The van der Waals surface area contributed by atoms with Crippen molar-refractivity contribution in [2.75, 3.05) is 50.9 Å². The number of ether oxygens (including phenoxy) is 1.